The van der Waals surface area contributed by atoms with Gasteiger partial charge in [-0.25, -0.2) is 14.5 Å². The fourth-order valence-electron chi connectivity index (χ4n) is 6.97. The molecule has 11 nitrogen and oxygen atoms in total. The number of hydrogen-bond acceptors (Lipinski definition) is 9. The van der Waals surface area contributed by atoms with Gasteiger partial charge in [0.1, 0.15) is 17.4 Å². The number of rotatable bonds is 12. The Bertz CT molecular complexity index is 2110. The van der Waals surface area contributed by atoms with Crippen molar-refractivity contribution in [2.45, 2.75) is 51.7 Å². The lowest BCUT2D eigenvalue weighted by molar-refractivity contribution is 0.173. The highest BCUT2D eigenvalue weighted by atomic mass is 35.5. The molecule has 6 aromatic rings. The SMILES string of the molecule is CCCCc1nc(Cl)c(CO)n1Cc1ccc(-c2ccccc2-c2nnn[nH]2)cc1.Fc1ccc([C@@H]2CCNC[C@H]2COc2ccc3c(c2)OCO3)cc1. The third-order valence-electron chi connectivity index (χ3n) is 9.85. The van der Waals surface area contributed by atoms with Crippen molar-refractivity contribution in [1.82, 2.24) is 35.5 Å². The molecule has 0 unspecified atom stereocenters. The first-order chi connectivity index (χ1) is 26.5. The number of nitrogens with zero attached hydrogens (tertiary/aromatic N) is 5. The Labute approximate surface area is 318 Å². The number of aryl methyl sites for hydroxylation is 1. The molecule has 0 spiro atoms. The van der Waals surface area contributed by atoms with Gasteiger partial charge in [-0.2, -0.15) is 0 Å². The van der Waals surface area contributed by atoms with E-state index in [1.165, 1.54) is 17.7 Å². The van der Waals surface area contributed by atoms with Gasteiger partial charge in [0, 0.05) is 37.1 Å². The predicted octanol–water partition coefficient (Wildman–Crippen LogP) is 7.59. The number of benzene rings is 4. The summed E-state index contributed by atoms with van der Waals surface area (Å²) >= 11 is 6.26. The van der Waals surface area contributed by atoms with Crippen molar-refractivity contribution >= 4 is 11.6 Å². The molecule has 0 amide bonds. The van der Waals surface area contributed by atoms with Crippen LogP contribution in [0.15, 0.2) is 91.0 Å². The van der Waals surface area contributed by atoms with Gasteiger partial charge in [-0.05, 0) is 82.3 Å². The van der Waals surface area contributed by atoms with Gasteiger partial charge in [0.25, 0.3) is 0 Å². The Morgan fingerprint density at radius 1 is 0.981 bits per heavy atom. The molecular formula is C41H43ClFN7O4. The molecule has 1 saturated heterocycles. The summed E-state index contributed by atoms with van der Waals surface area (Å²) in [7, 11) is 0. The largest absolute Gasteiger partial charge is 0.493 e. The minimum absolute atomic E-state index is 0.130. The van der Waals surface area contributed by atoms with E-state index in [2.05, 4.69) is 68.2 Å². The van der Waals surface area contributed by atoms with Gasteiger partial charge in [0.05, 0.1) is 18.9 Å². The molecule has 4 heterocycles. The summed E-state index contributed by atoms with van der Waals surface area (Å²) in [5, 5.41) is 27.8. The monoisotopic (exact) mass is 751 g/mol. The third-order valence-corrected chi connectivity index (χ3v) is 10.2. The minimum Gasteiger partial charge on any atom is -0.493 e. The summed E-state index contributed by atoms with van der Waals surface area (Å²) in [6, 6.07) is 28.8. The van der Waals surface area contributed by atoms with Crippen molar-refractivity contribution in [3.63, 3.8) is 0 Å². The average Bonchev–Trinajstić information content (AvgIpc) is 3.98. The van der Waals surface area contributed by atoms with Crippen molar-refractivity contribution < 1.29 is 23.7 Å². The number of piperidine rings is 1. The molecule has 2 atom stereocenters. The van der Waals surface area contributed by atoms with E-state index < -0.39 is 0 Å². The number of aromatic amines is 1. The first kappa shape index (κ1) is 37.0. The molecular weight excluding hydrogens is 709 g/mol. The summed E-state index contributed by atoms with van der Waals surface area (Å²) < 4.78 is 31.9. The maximum Gasteiger partial charge on any atom is 0.231 e. The number of fused-ring (bicyclic) bond motifs is 1. The molecule has 280 valence electrons. The number of halogens is 2. The number of unbranched alkanes of at least 4 members (excludes halogenated alkanes) is 1. The first-order valence-electron chi connectivity index (χ1n) is 18.3. The smallest absolute Gasteiger partial charge is 0.231 e. The number of aromatic nitrogens is 6. The molecule has 0 saturated carbocycles. The maximum absolute atomic E-state index is 13.2. The molecule has 2 aromatic heterocycles. The normalized spacial score (nSPS) is 16.1. The van der Waals surface area contributed by atoms with Crippen molar-refractivity contribution in [2.75, 3.05) is 26.5 Å². The highest BCUT2D eigenvalue weighted by molar-refractivity contribution is 6.30. The summed E-state index contributed by atoms with van der Waals surface area (Å²) in [4.78, 5) is 4.47. The fourth-order valence-corrected chi connectivity index (χ4v) is 7.23. The Morgan fingerprint density at radius 2 is 1.78 bits per heavy atom. The first-order valence-corrected chi connectivity index (χ1v) is 18.6. The number of imidazole rings is 1. The summed E-state index contributed by atoms with van der Waals surface area (Å²) in [6.07, 6.45) is 3.98. The average molecular weight is 752 g/mol. The van der Waals surface area contributed by atoms with Gasteiger partial charge in [-0.1, -0.05) is 85.6 Å². The lowest BCUT2D eigenvalue weighted by Gasteiger charge is -2.32. The van der Waals surface area contributed by atoms with Crippen LogP contribution in [0.1, 0.15) is 54.7 Å². The van der Waals surface area contributed by atoms with E-state index in [1.807, 2.05) is 53.1 Å². The van der Waals surface area contributed by atoms with Crippen LogP contribution in [0.5, 0.6) is 17.2 Å². The molecule has 8 rings (SSSR count). The highest BCUT2D eigenvalue weighted by Gasteiger charge is 2.27. The Morgan fingerprint density at radius 3 is 2.54 bits per heavy atom. The van der Waals surface area contributed by atoms with E-state index in [1.54, 1.807) is 0 Å². The number of tetrazole rings is 1. The van der Waals surface area contributed by atoms with Crippen LogP contribution >= 0.6 is 11.6 Å². The number of aliphatic hydroxyl groups excluding tert-OH is 1. The van der Waals surface area contributed by atoms with E-state index in [-0.39, 0.29) is 19.2 Å². The van der Waals surface area contributed by atoms with Crippen LogP contribution in [0.2, 0.25) is 5.15 Å². The molecule has 13 heteroatoms. The molecule has 54 heavy (non-hydrogen) atoms. The second kappa shape index (κ2) is 17.7. The molecule has 1 fully saturated rings. The Balaban J connectivity index is 0.000000171. The van der Waals surface area contributed by atoms with Gasteiger partial charge in [0.2, 0.25) is 6.79 Å². The van der Waals surface area contributed by atoms with Crippen molar-refractivity contribution in [1.29, 1.82) is 0 Å². The van der Waals surface area contributed by atoms with Crippen LogP contribution in [0, 0.1) is 11.7 Å². The topological polar surface area (TPSA) is 132 Å². The summed E-state index contributed by atoms with van der Waals surface area (Å²) in [5.74, 6) is 4.34. The molecule has 0 aliphatic carbocycles. The number of aliphatic hydroxyl groups is 1. The van der Waals surface area contributed by atoms with Crippen molar-refractivity contribution in [3.05, 3.63) is 125 Å². The highest BCUT2D eigenvalue weighted by Crippen LogP contribution is 2.36. The lowest BCUT2D eigenvalue weighted by Crippen LogP contribution is -2.38. The van der Waals surface area contributed by atoms with Crippen LogP contribution in [-0.2, 0) is 19.6 Å². The van der Waals surface area contributed by atoms with Crippen LogP contribution in [-0.4, -0.2) is 61.8 Å². The third kappa shape index (κ3) is 8.73. The number of hydrogen-bond donors (Lipinski definition) is 3. The Hall–Kier alpha value is -5.30. The molecule has 0 radical (unpaired) electrons. The molecule has 0 bridgehead atoms. The second-order valence-electron chi connectivity index (χ2n) is 13.3. The van der Waals surface area contributed by atoms with Crippen LogP contribution in [0.25, 0.3) is 22.5 Å². The van der Waals surface area contributed by atoms with E-state index in [0.29, 0.717) is 41.7 Å². The van der Waals surface area contributed by atoms with Crippen LogP contribution in [0.4, 0.5) is 4.39 Å². The van der Waals surface area contributed by atoms with Gasteiger partial charge in [0.15, 0.2) is 22.5 Å². The zero-order valence-corrected chi connectivity index (χ0v) is 30.8. The minimum atomic E-state index is -0.194. The second-order valence-corrected chi connectivity index (χ2v) is 13.7. The van der Waals surface area contributed by atoms with Crippen LogP contribution in [0.3, 0.4) is 0 Å². The van der Waals surface area contributed by atoms with Crippen molar-refractivity contribution in [2.24, 2.45) is 5.92 Å². The quantitative estimate of drug-likeness (QED) is 0.116. The lowest BCUT2D eigenvalue weighted by atomic mass is 9.81. The predicted molar refractivity (Wildman–Crippen MR) is 204 cm³/mol. The number of H-pyrrole nitrogens is 1. The van der Waals surface area contributed by atoms with Gasteiger partial charge < -0.3 is 29.2 Å². The zero-order chi connectivity index (χ0) is 37.3. The number of ether oxygens (including phenoxy) is 3. The summed E-state index contributed by atoms with van der Waals surface area (Å²) in [6.45, 7) is 5.37. The van der Waals surface area contributed by atoms with Gasteiger partial charge in [-0.3, -0.25) is 0 Å². The van der Waals surface area contributed by atoms with E-state index >= 15 is 0 Å². The maximum atomic E-state index is 13.2. The van der Waals surface area contributed by atoms with Crippen LogP contribution < -0.4 is 19.5 Å². The molecule has 2 aliphatic rings. The fraction of sp³-hybridized carbons (Fsp3) is 0.317. The zero-order valence-electron chi connectivity index (χ0n) is 30.0. The number of nitrogens with one attached hydrogen (secondary N) is 2. The van der Waals surface area contributed by atoms with Crippen molar-refractivity contribution in [3.8, 4) is 39.8 Å². The van der Waals surface area contributed by atoms with E-state index in [4.69, 9.17) is 25.8 Å². The molecule has 3 N–H and O–H groups in total. The standard InChI is InChI=1S/C22H23ClN6O.C19H20FNO3/c1-2-3-8-20-24-21(23)19(14-30)29(20)13-15-9-11-16(12-10-15)17-6-4-5-7-18(17)22-25-27-28-26-22;20-15-3-1-13(2-4-15)17-7-8-21-10-14(17)11-22-16-5-6-18-19(9-16)24-12-23-18/h4-7,9-12,30H,2-3,8,13-14H2,1H3,(H,25,26,27,28);1-6,9,14,17,21H,7-8,10-12H2/t;14-,17-/m.0/s1. The molecule has 2 aliphatic heterocycles. The van der Waals surface area contributed by atoms with Gasteiger partial charge >= 0.3 is 0 Å². The molecule has 4 aromatic carbocycles. The van der Waals surface area contributed by atoms with E-state index in [0.717, 1.165) is 84.1 Å². The summed E-state index contributed by atoms with van der Waals surface area (Å²) in [5.41, 5.74) is 6.02. The van der Waals surface area contributed by atoms with Gasteiger partial charge in [-0.15, -0.1) is 5.10 Å². The Kier molecular flexibility index (Phi) is 12.1. The van der Waals surface area contributed by atoms with E-state index in [9.17, 15) is 9.50 Å².